The van der Waals surface area contributed by atoms with E-state index in [0.717, 1.165) is 42.5 Å². The van der Waals surface area contributed by atoms with E-state index in [4.69, 9.17) is 0 Å². The first-order valence-electron chi connectivity index (χ1n) is 8.64. The van der Waals surface area contributed by atoms with Gasteiger partial charge in [0.15, 0.2) is 0 Å². The minimum Gasteiger partial charge on any atom is -0.325 e. The SMILES string of the molecule is CC(C)C[C@@H](NS(=O)(=O)c1ccc(F)cc1)C(=O)Nc1cccc(C(F)(F)F)c1. The molecule has 0 saturated heterocycles. The highest BCUT2D eigenvalue weighted by molar-refractivity contribution is 7.89. The lowest BCUT2D eigenvalue weighted by molar-refractivity contribution is -0.137. The van der Waals surface area contributed by atoms with Crippen LogP contribution < -0.4 is 10.0 Å². The van der Waals surface area contributed by atoms with Crippen molar-refractivity contribution >= 4 is 21.6 Å². The number of sulfonamides is 1. The van der Waals surface area contributed by atoms with Crippen LogP contribution in [0.3, 0.4) is 0 Å². The zero-order valence-corrected chi connectivity index (χ0v) is 16.4. The molecule has 2 rings (SSSR count). The van der Waals surface area contributed by atoms with Crippen molar-refractivity contribution in [3.63, 3.8) is 0 Å². The van der Waals surface area contributed by atoms with Crippen LogP contribution in [0, 0.1) is 11.7 Å². The van der Waals surface area contributed by atoms with E-state index in [1.165, 1.54) is 6.07 Å². The van der Waals surface area contributed by atoms with E-state index in [0.29, 0.717) is 0 Å². The van der Waals surface area contributed by atoms with E-state index in [1.807, 2.05) is 0 Å². The Kier molecular flexibility index (Phi) is 7.02. The first kappa shape index (κ1) is 22.8. The number of hydrogen-bond acceptors (Lipinski definition) is 3. The molecule has 0 radical (unpaired) electrons. The zero-order valence-electron chi connectivity index (χ0n) is 15.6. The van der Waals surface area contributed by atoms with Gasteiger partial charge in [-0.1, -0.05) is 19.9 Å². The molecule has 0 aliphatic heterocycles. The Morgan fingerprint density at radius 3 is 2.24 bits per heavy atom. The number of hydrogen-bond donors (Lipinski definition) is 2. The van der Waals surface area contributed by atoms with Gasteiger partial charge < -0.3 is 5.32 Å². The molecule has 29 heavy (non-hydrogen) atoms. The van der Waals surface area contributed by atoms with E-state index in [-0.39, 0.29) is 22.9 Å². The molecule has 1 amide bonds. The van der Waals surface area contributed by atoms with Crippen molar-refractivity contribution < 1.29 is 30.8 Å². The van der Waals surface area contributed by atoms with Crippen molar-refractivity contribution in [3.05, 3.63) is 59.9 Å². The van der Waals surface area contributed by atoms with E-state index < -0.39 is 39.5 Å². The molecular formula is C19H20F4N2O3S. The lowest BCUT2D eigenvalue weighted by Crippen LogP contribution is -2.44. The summed E-state index contributed by atoms with van der Waals surface area (Å²) in [7, 11) is -4.15. The summed E-state index contributed by atoms with van der Waals surface area (Å²) in [6, 6.07) is 6.83. The van der Waals surface area contributed by atoms with Crippen LogP contribution in [0.2, 0.25) is 0 Å². The van der Waals surface area contributed by atoms with Crippen molar-refractivity contribution in [3.8, 4) is 0 Å². The third-order valence-electron chi connectivity index (χ3n) is 3.90. The number of amides is 1. The second-order valence-electron chi connectivity index (χ2n) is 6.83. The van der Waals surface area contributed by atoms with Gasteiger partial charge in [-0.25, -0.2) is 12.8 Å². The molecule has 0 aliphatic rings. The van der Waals surface area contributed by atoms with Gasteiger partial charge in [-0.2, -0.15) is 17.9 Å². The topological polar surface area (TPSA) is 75.3 Å². The number of rotatable bonds is 7. The minimum atomic E-state index is -4.58. The molecule has 0 heterocycles. The molecule has 0 unspecified atom stereocenters. The Morgan fingerprint density at radius 2 is 1.69 bits per heavy atom. The zero-order chi connectivity index (χ0) is 21.8. The molecule has 0 aromatic heterocycles. The number of alkyl halides is 3. The molecule has 158 valence electrons. The summed E-state index contributed by atoms with van der Waals surface area (Å²) in [6.07, 6.45) is -4.48. The summed E-state index contributed by atoms with van der Waals surface area (Å²) in [4.78, 5) is 12.4. The molecule has 10 heteroatoms. The Bertz CT molecular complexity index is 958. The first-order chi connectivity index (χ1) is 13.4. The predicted molar refractivity (Wildman–Crippen MR) is 100 cm³/mol. The summed E-state index contributed by atoms with van der Waals surface area (Å²) in [5, 5.41) is 2.32. The number of halogens is 4. The summed E-state index contributed by atoms with van der Waals surface area (Å²) in [5.74, 6) is -1.52. The minimum absolute atomic E-state index is 0.0943. The summed E-state index contributed by atoms with van der Waals surface area (Å²) >= 11 is 0. The number of nitrogens with one attached hydrogen (secondary N) is 2. The van der Waals surface area contributed by atoms with E-state index in [2.05, 4.69) is 10.0 Å². The van der Waals surface area contributed by atoms with Gasteiger partial charge >= 0.3 is 6.18 Å². The second kappa shape index (κ2) is 8.91. The van der Waals surface area contributed by atoms with Crippen LogP contribution in [0.15, 0.2) is 53.4 Å². The molecular weight excluding hydrogens is 412 g/mol. The van der Waals surface area contributed by atoms with Crippen molar-refractivity contribution in [2.45, 2.75) is 37.4 Å². The molecule has 0 fully saturated rings. The van der Waals surface area contributed by atoms with Gasteiger partial charge in [0.05, 0.1) is 10.5 Å². The molecule has 0 aliphatic carbocycles. The van der Waals surface area contributed by atoms with Gasteiger partial charge in [-0.15, -0.1) is 0 Å². The maximum Gasteiger partial charge on any atom is 0.416 e. The van der Waals surface area contributed by atoms with Crippen LogP contribution >= 0.6 is 0 Å². The summed E-state index contributed by atoms with van der Waals surface area (Å²) in [5.41, 5.74) is -1.05. The number of carbonyl (C=O) groups is 1. The van der Waals surface area contributed by atoms with Crippen molar-refractivity contribution in [1.82, 2.24) is 4.72 Å². The lowest BCUT2D eigenvalue weighted by atomic mass is 10.0. The quantitative estimate of drug-likeness (QED) is 0.645. The molecule has 5 nitrogen and oxygen atoms in total. The molecule has 2 aromatic carbocycles. The normalized spacial score (nSPS) is 13.3. The number of benzene rings is 2. The highest BCUT2D eigenvalue weighted by Crippen LogP contribution is 2.30. The van der Waals surface area contributed by atoms with Gasteiger partial charge in [0.2, 0.25) is 15.9 Å². The standard InChI is InChI=1S/C19H20F4N2O3S/c1-12(2)10-17(25-29(27,28)16-8-6-14(20)7-9-16)18(26)24-15-5-3-4-13(11-15)19(21,22)23/h3-9,11-12,17,25H,10H2,1-2H3,(H,24,26)/t17-/m1/s1. The fraction of sp³-hybridized carbons (Fsp3) is 0.316. The average Bonchev–Trinajstić information content (AvgIpc) is 2.60. The lowest BCUT2D eigenvalue weighted by Gasteiger charge is -2.20. The van der Waals surface area contributed by atoms with Gasteiger partial charge in [0, 0.05) is 5.69 Å². The third-order valence-corrected chi connectivity index (χ3v) is 5.39. The summed E-state index contributed by atoms with van der Waals surface area (Å²) < 4.78 is 78.8. The van der Waals surface area contributed by atoms with Crippen LogP contribution in [0.5, 0.6) is 0 Å². The average molecular weight is 432 g/mol. The molecule has 0 saturated carbocycles. The first-order valence-corrected chi connectivity index (χ1v) is 10.1. The second-order valence-corrected chi connectivity index (χ2v) is 8.54. The Balaban J connectivity index is 2.23. The number of anilines is 1. The molecule has 1 atom stereocenters. The molecule has 0 spiro atoms. The van der Waals surface area contributed by atoms with Crippen LogP contribution in [-0.4, -0.2) is 20.4 Å². The Hall–Kier alpha value is -2.46. The monoisotopic (exact) mass is 432 g/mol. The van der Waals surface area contributed by atoms with Crippen LogP contribution in [-0.2, 0) is 21.0 Å². The molecule has 2 aromatic rings. The maximum atomic E-state index is 13.0. The Labute approximate surface area is 166 Å². The van der Waals surface area contributed by atoms with Crippen molar-refractivity contribution in [2.75, 3.05) is 5.32 Å². The Morgan fingerprint density at radius 1 is 1.07 bits per heavy atom. The van der Waals surface area contributed by atoms with E-state index in [1.54, 1.807) is 13.8 Å². The van der Waals surface area contributed by atoms with Crippen molar-refractivity contribution in [2.24, 2.45) is 5.92 Å². The predicted octanol–water partition coefficient (Wildman–Crippen LogP) is 4.18. The van der Waals surface area contributed by atoms with Gasteiger partial charge in [-0.3, -0.25) is 4.79 Å². The van der Waals surface area contributed by atoms with Gasteiger partial charge in [-0.05, 0) is 54.8 Å². The van der Waals surface area contributed by atoms with Crippen LogP contribution in [0.4, 0.5) is 23.2 Å². The smallest absolute Gasteiger partial charge is 0.325 e. The highest BCUT2D eigenvalue weighted by atomic mass is 32.2. The molecule has 2 N–H and O–H groups in total. The van der Waals surface area contributed by atoms with E-state index >= 15 is 0 Å². The molecule has 0 bridgehead atoms. The fourth-order valence-electron chi connectivity index (χ4n) is 2.55. The summed E-state index contributed by atoms with van der Waals surface area (Å²) in [6.45, 7) is 3.52. The highest BCUT2D eigenvalue weighted by Gasteiger charge is 2.31. The van der Waals surface area contributed by atoms with Gasteiger partial charge in [0.25, 0.3) is 0 Å². The van der Waals surface area contributed by atoms with E-state index in [9.17, 15) is 30.8 Å². The fourth-order valence-corrected chi connectivity index (χ4v) is 3.76. The largest absolute Gasteiger partial charge is 0.416 e. The maximum absolute atomic E-state index is 13.0. The third kappa shape index (κ3) is 6.53. The van der Waals surface area contributed by atoms with Crippen molar-refractivity contribution in [1.29, 1.82) is 0 Å². The van der Waals surface area contributed by atoms with Crippen LogP contribution in [0.1, 0.15) is 25.8 Å². The van der Waals surface area contributed by atoms with Gasteiger partial charge in [0.1, 0.15) is 11.9 Å². The van der Waals surface area contributed by atoms with Crippen LogP contribution in [0.25, 0.3) is 0 Å². The number of carbonyl (C=O) groups excluding carboxylic acids is 1.